The number of aliphatic hydroxyl groups excluding tert-OH is 1. The van der Waals surface area contributed by atoms with Crippen LogP contribution in [-0.4, -0.2) is 21.3 Å². The lowest BCUT2D eigenvalue weighted by Crippen LogP contribution is -2.17. The summed E-state index contributed by atoms with van der Waals surface area (Å²) in [5.41, 5.74) is 0. The number of rotatable bonds is 2. The summed E-state index contributed by atoms with van der Waals surface area (Å²) in [6.07, 6.45) is -0.484. The minimum atomic E-state index is -1.22. The van der Waals surface area contributed by atoms with E-state index in [0.717, 1.165) is 6.42 Å². The van der Waals surface area contributed by atoms with Crippen LogP contribution in [-0.2, 0) is 0 Å². The smallest absolute Gasteiger partial charge is 0.164 e. The molecule has 0 fully saturated rings. The molecule has 2 N–H and O–H groups in total. The molecule has 0 aliphatic heterocycles. The second-order valence-electron chi connectivity index (χ2n) is 1.34. The van der Waals surface area contributed by atoms with Crippen LogP contribution in [0.1, 0.15) is 13.3 Å². The molecule has 0 aliphatic carbocycles. The molecule has 0 aromatic carbocycles. The van der Waals surface area contributed by atoms with Crippen LogP contribution < -0.4 is 0 Å². The van der Waals surface area contributed by atoms with Crippen LogP contribution in [0.5, 0.6) is 0 Å². The van der Waals surface area contributed by atoms with E-state index < -0.39 is 6.29 Å². The first-order chi connectivity index (χ1) is 3.18. The lowest BCUT2D eigenvalue weighted by Gasteiger charge is -2.06. The van der Waals surface area contributed by atoms with Gasteiger partial charge in [0.15, 0.2) is 6.29 Å². The molecule has 44 valence electrons. The highest BCUT2D eigenvalue weighted by Gasteiger charge is 2.07. The molecule has 0 aromatic heterocycles. The number of halogens is 1. The monoisotopic (exact) mass is 168 g/mol. The Labute approximate surface area is 51.3 Å². The molecule has 0 spiro atoms. The SMILES string of the molecule is CCC(Br)C(O)O. The highest BCUT2D eigenvalue weighted by Crippen LogP contribution is 2.06. The van der Waals surface area contributed by atoms with Gasteiger partial charge < -0.3 is 10.2 Å². The molecular formula is C4H9BrO2. The zero-order valence-electron chi connectivity index (χ0n) is 4.13. The van der Waals surface area contributed by atoms with Gasteiger partial charge in [-0.1, -0.05) is 22.9 Å². The van der Waals surface area contributed by atoms with E-state index in [1.807, 2.05) is 6.92 Å². The Balaban J connectivity index is 3.14. The molecule has 1 unspecified atom stereocenters. The van der Waals surface area contributed by atoms with Crippen molar-refractivity contribution in [2.75, 3.05) is 0 Å². The summed E-state index contributed by atoms with van der Waals surface area (Å²) in [4.78, 5) is -0.174. The Morgan fingerprint density at radius 2 is 2.00 bits per heavy atom. The standard InChI is InChI=1S/C4H9BrO2/c1-2-3(5)4(6)7/h3-4,6-7H,2H2,1H3. The first kappa shape index (κ1) is 7.40. The predicted molar refractivity (Wildman–Crippen MR) is 31.2 cm³/mol. The highest BCUT2D eigenvalue weighted by atomic mass is 79.9. The quantitative estimate of drug-likeness (QED) is 0.466. The minimum Gasteiger partial charge on any atom is -0.367 e. The number of aliphatic hydroxyl groups is 2. The third kappa shape index (κ3) is 3.02. The van der Waals surface area contributed by atoms with Crippen molar-refractivity contribution in [1.29, 1.82) is 0 Å². The summed E-state index contributed by atoms with van der Waals surface area (Å²) < 4.78 is 0. The maximum absolute atomic E-state index is 8.33. The fourth-order valence-corrected chi connectivity index (χ4v) is 0.211. The molecule has 2 nitrogen and oxygen atoms in total. The Morgan fingerprint density at radius 3 is 2.00 bits per heavy atom. The van der Waals surface area contributed by atoms with Gasteiger partial charge in [-0.05, 0) is 6.42 Å². The van der Waals surface area contributed by atoms with Crippen molar-refractivity contribution in [2.45, 2.75) is 24.5 Å². The van der Waals surface area contributed by atoms with Crippen molar-refractivity contribution in [3.05, 3.63) is 0 Å². The maximum Gasteiger partial charge on any atom is 0.164 e. The molecule has 1 atom stereocenters. The fraction of sp³-hybridized carbons (Fsp3) is 1.00. The van der Waals surface area contributed by atoms with Gasteiger partial charge in [0.05, 0.1) is 4.83 Å². The van der Waals surface area contributed by atoms with Crippen molar-refractivity contribution >= 4 is 15.9 Å². The van der Waals surface area contributed by atoms with Gasteiger partial charge in [-0.3, -0.25) is 0 Å². The van der Waals surface area contributed by atoms with Crippen LogP contribution in [0.4, 0.5) is 0 Å². The van der Waals surface area contributed by atoms with E-state index in [0.29, 0.717) is 0 Å². The van der Waals surface area contributed by atoms with Crippen LogP contribution in [0.25, 0.3) is 0 Å². The molecular weight excluding hydrogens is 160 g/mol. The van der Waals surface area contributed by atoms with Gasteiger partial charge in [0.2, 0.25) is 0 Å². The molecule has 0 bridgehead atoms. The van der Waals surface area contributed by atoms with Crippen LogP contribution in [0, 0.1) is 0 Å². The molecule has 7 heavy (non-hydrogen) atoms. The minimum absolute atomic E-state index is 0.174. The van der Waals surface area contributed by atoms with Gasteiger partial charge in [-0.15, -0.1) is 0 Å². The summed E-state index contributed by atoms with van der Waals surface area (Å²) in [5.74, 6) is 0. The van der Waals surface area contributed by atoms with E-state index in [-0.39, 0.29) is 4.83 Å². The first-order valence-corrected chi connectivity index (χ1v) is 3.10. The second kappa shape index (κ2) is 3.41. The second-order valence-corrected chi connectivity index (χ2v) is 2.51. The molecule has 0 aromatic rings. The predicted octanol–water partition coefficient (Wildman–Crippen LogP) is 0.471. The van der Waals surface area contributed by atoms with Crippen LogP contribution >= 0.6 is 15.9 Å². The molecule has 0 aliphatic rings. The lowest BCUT2D eigenvalue weighted by molar-refractivity contribution is -0.0389. The zero-order valence-corrected chi connectivity index (χ0v) is 5.72. The van der Waals surface area contributed by atoms with Crippen LogP contribution in [0.3, 0.4) is 0 Å². The Morgan fingerprint density at radius 1 is 1.57 bits per heavy atom. The molecule has 0 rings (SSSR count). The van der Waals surface area contributed by atoms with E-state index in [1.54, 1.807) is 0 Å². The summed E-state index contributed by atoms with van der Waals surface area (Å²) in [6, 6.07) is 0. The molecule has 0 saturated heterocycles. The van der Waals surface area contributed by atoms with Gasteiger partial charge in [0.25, 0.3) is 0 Å². The van der Waals surface area contributed by atoms with E-state index in [4.69, 9.17) is 10.2 Å². The van der Waals surface area contributed by atoms with Gasteiger partial charge in [-0.25, -0.2) is 0 Å². The summed E-state index contributed by atoms with van der Waals surface area (Å²) in [6.45, 7) is 1.87. The molecule has 0 amide bonds. The number of hydrogen-bond acceptors (Lipinski definition) is 2. The zero-order chi connectivity index (χ0) is 5.86. The molecule has 0 saturated carbocycles. The van der Waals surface area contributed by atoms with E-state index >= 15 is 0 Å². The van der Waals surface area contributed by atoms with Crippen molar-refractivity contribution in [3.8, 4) is 0 Å². The summed E-state index contributed by atoms with van der Waals surface area (Å²) >= 11 is 3.04. The van der Waals surface area contributed by atoms with Gasteiger partial charge in [-0.2, -0.15) is 0 Å². The number of alkyl halides is 1. The van der Waals surface area contributed by atoms with Crippen molar-refractivity contribution in [1.82, 2.24) is 0 Å². The average molecular weight is 169 g/mol. The molecule has 0 radical (unpaired) electrons. The van der Waals surface area contributed by atoms with E-state index in [1.165, 1.54) is 0 Å². The first-order valence-electron chi connectivity index (χ1n) is 2.18. The lowest BCUT2D eigenvalue weighted by atomic mass is 10.3. The third-order valence-corrected chi connectivity index (χ3v) is 1.83. The van der Waals surface area contributed by atoms with Crippen molar-refractivity contribution in [2.24, 2.45) is 0 Å². The summed E-state index contributed by atoms with van der Waals surface area (Å²) in [7, 11) is 0. The summed E-state index contributed by atoms with van der Waals surface area (Å²) in [5, 5.41) is 16.7. The Kier molecular flexibility index (Phi) is 3.60. The van der Waals surface area contributed by atoms with Crippen LogP contribution in [0.2, 0.25) is 0 Å². The van der Waals surface area contributed by atoms with Gasteiger partial charge in [0.1, 0.15) is 0 Å². The van der Waals surface area contributed by atoms with Gasteiger partial charge in [0, 0.05) is 0 Å². The maximum atomic E-state index is 8.33. The fourth-order valence-electron chi connectivity index (χ4n) is 0.211. The van der Waals surface area contributed by atoms with Gasteiger partial charge >= 0.3 is 0 Å². The molecule has 0 heterocycles. The molecule has 3 heteroatoms. The topological polar surface area (TPSA) is 40.5 Å². The Bertz CT molecular complexity index is 47.0. The highest BCUT2D eigenvalue weighted by molar-refractivity contribution is 9.09. The van der Waals surface area contributed by atoms with E-state index in [9.17, 15) is 0 Å². The van der Waals surface area contributed by atoms with Crippen LogP contribution in [0.15, 0.2) is 0 Å². The van der Waals surface area contributed by atoms with E-state index in [2.05, 4.69) is 15.9 Å². The number of hydrogen-bond donors (Lipinski definition) is 2. The largest absolute Gasteiger partial charge is 0.367 e. The third-order valence-electron chi connectivity index (χ3n) is 0.714. The average Bonchev–Trinajstić information content (AvgIpc) is 1.65. The Hall–Kier alpha value is 0.400. The van der Waals surface area contributed by atoms with Crippen molar-refractivity contribution < 1.29 is 10.2 Å². The normalized spacial score (nSPS) is 15.0. The van der Waals surface area contributed by atoms with Crippen molar-refractivity contribution in [3.63, 3.8) is 0 Å².